The molecule has 0 radical (unpaired) electrons. The lowest BCUT2D eigenvalue weighted by atomic mass is 9.90. The Labute approximate surface area is 209 Å². The zero-order chi connectivity index (χ0) is 24.8. The van der Waals surface area contributed by atoms with Gasteiger partial charge in [0.1, 0.15) is 37.2 Å². The van der Waals surface area contributed by atoms with Gasteiger partial charge in [-0.05, 0) is 48.7 Å². The molecule has 0 spiro atoms. The number of rotatable bonds is 10. The molecule has 0 bridgehead atoms. The van der Waals surface area contributed by atoms with Gasteiger partial charge in [-0.2, -0.15) is 0 Å². The number of aryl methyl sites for hydroxylation is 1. The van der Waals surface area contributed by atoms with Gasteiger partial charge in [0.25, 0.3) is 0 Å². The Hall–Kier alpha value is -2.85. The third-order valence-corrected chi connectivity index (χ3v) is 6.42. The van der Waals surface area contributed by atoms with Crippen molar-refractivity contribution in [1.82, 2.24) is 19.7 Å². The van der Waals surface area contributed by atoms with E-state index in [1.807, 2.05) is 41.8 Å². The molecule has 0 aliphatic carbocycles. The Kier molecular flexibility index (Phi) is 8.12. The second kappa shape index (κ2) is 11.3. The van der Waals surface area contributed by atoms with Crippen molar-refractivity contribution in [2.75, 3.05) is 33.4 Å². The number of methoxy groups -OCH3 is 1. The molecule has 1 aromatic heterocycles. The van der Waals surface area contributed by atoms with E-state index in [9.17, 15) is 10.2 Å². The van der Waals surface area contributed by atoms with Crippen LogP contribution < -0.4 is 14.2 Å². The average molecular weight is 503 g/mol. The predicted molar refractivity (Wildman–Crippen MR) is 131 cm³/mol. The summed E-state index contributed by atoms with van der Waals surface area (Å²) in [5, 5.41) is 29.8. The zero-order valence-corrected chi connectivity index (χ0v) is 20.7. The molecule has 2 N–H and O–H groups in total. The van der Waals surface area contributed by atoms with E-state index < -0.39 is 11.7 Å². The number of hydrogen-bond donors (Lipinski definition) is 2. The van der Waals surface area contributed by atoms with E-state index in [0.29, 0.717) is 54.9 Å². The van der Waals surface area contributed by atoms with E-state index in [0.717, 1.165) is 11.1 Å². The number of piperidine rings is 1. The van der Waals surface area contributed by atoms with Gasteiger partial charge in [-0.25, -0.2) is 0 Å². The van der Waals surface area contributed by atoms with Crippen LogP contribution in [0.3, 0.4) is 0 Å². The summed E-state index contributed by atoms with van der Waals surface area (Å²) in [6.45, 7) is 4.45. The topological polar surface area (TPSA) is 102 Å². The second-order valence-electron chi connectivity index (χ2n) is 8.87. The maximum atomic E-state index is 11.2. The molecule has 1 aliphatic rings. The highest BCUT2D eigenvalue weighted by molar-refractivity contribution is 6.32. The van der Waals surface area contributed by atoms with Gasteiger partial charge in [-0.1, -0.05) is 23.7 Å². The smallest absolute Gasteiger partial charge is 0.161 e. The Morgan fingerprint density at radius 1 is 1.09 bits per heavy atom. The SMILES string of the molecule is COc1cc(CN2CC[C@H](O)[C@@](O)(COc3cc(C)ccc3Cl)C2)ccc1OCCn1cnnc1. The van der Waals surface area contributed by atoms with Crippen molar-refractivity contribution in [3.8, 4) is 17.2 Å². The van der Waals surface area contributed by atoms with Gasteiger partial charge >= 0.3 is 0 Å². The minimum absolute atomic E-state index is 0.0592. The Morgan fingerprint density at radius 2 is 1.89 bits per heavy atom. The van der Waals surface area contributed by atoms with Crippen molar-refractivity contribution in [3.05, 3.63) is 65.2 Å². The highest BCUT2D eigenvalue weighted by Crippen LogP contribution is 2.31. The van der Waals surface area contributed by atoms with Crippen LogP contribution in [0, 0.1) is 6.92 Å². The van der Waals surface area contributed by atoms with Gasteiger partial charge in [0.2, 0.25) is 0 Å². The average Bonchev–Trinajstić information content (AvgIpc) is 3.36. The number of halogens is 1. The molecule has 1 saturated heterocycles. The highest BCUT2D eigenvalue weighted by Gasteiger charge is 2.42. The maximum absolute atomic E-state index is 11.2. The van der Waals surface area contributed by atoms with Crippen molar-refractivity contribution >= 4 is 11.6 Å². The number of nitrogens with zero attached hydrogens (tertiary/aromatic N) is 4. The van der Waals surface area contributed by atoms with Crippen LogP contribution in [0.15, 0.2) is 49.1 Å². The monoisotopic (exact) mass is 502 g/mol. The van der Waals surface area contributed by atoms with Crippen LogP contribution in [0.1, 0.15) is 17.5 Å². The minimum Gasteiger partial charge on any atom is -0.493 e. The largest absolute Gasteiger partial charge is 0.493 e. The van der Waals surface area contributed by atoms with Crippen LogP contribution in [0.25, 0.3) is 0 Å². The molecule has 0 saturated carbocycles. The predicted octanol–water partition coefficient (Wildman–Crippen LogP) is 2.70. The van der Waals surface area contributed by atoms with Crippen molar-refractivity contribution in [2.45, 2.75) is 38.1 Å². The van der Waals surface area contributed by atoms with Gasteiger partial charge < -0.3 is 29.0 Å². The van der Waals surface area contributed by atoms with Gasteiger partial charge in [-0.3, -0.25) is 4.90 Å². The fourth-order valence-corrected chi connectivity index (χ4v) is 4.30. The lowest BCUT2D eigenvalue weighted by Crippen LogP contribution is -2.59. The fraction of sp³-hybridized carbons (Fsp3) is 0.440. The first kappa shape index (κ1) is 25.2. The van der Waals surface area contributed by atoms with Crippen LogP contribution in [-0.2, 0) is 13.1 Å². The molecule has 2 atom stereocenters. The van der Waals surface area contributed by atoms with Crippen LogP contribution in [0.2, 0.25) is 5.02 Å². The summed E-state index contributed by atoms with van der Waals surface area (Å²) in [7, 11) is 1.61. The lowest BCUT2D eigenvalue weighted by molar-refractivity contribution is -0.140. The molecule has 0 unspecified atom stereocenters. The molecule has 4 rings (SSSR count). The number of ether oxygens (including phenoxy) is 3. The molecule has 0 amide bonds. The van der Waals surface area contributed by atoms with Crippen LogP contribution >= 0.6 is 11.6 Å². The summed E-state index contributed by atoms with van der Waals surface area (Å²) >= 11 is 6.22. The molecule has 2 heterocycles. The van der Waals surface area contributed by atoms with E-state index in [1.165, 1.54) is 0 Å². The summed E-state index contributed by atoms with van der Waals surface area (Å²) in [6, 6.07) is 11.3. The quantitative estimate of drug-likeness (QED) is 0.436. The zero-order valence-electron chi connectivity index (χ0n) is 19.9. The first-order valence-electron chi connectivity index (χ1n) is 11.5. The summed E-state index contributed by atoms with van der Waals surface area (Å²) in [5.41, 5.74) is 0.595. The number of likely N-dealkylation sites (tertiary alicyclic amines) is 1. The molecule has 1 fully saturated rings. The number of aliphatic hydroxyl groups excluding tert-OH is 1. The summed E-state index contributed by atoms with van der Waals surface area (Å²) in [5.74, 6) is 1.78. The number of β-amino-alcohol motifs (C(OH)–C–C–N with tert-alkyl or cyclic N) is 1. The van der Waals surface area contributed by atoms with Crippen molar-refractivity contribution < 1.29 is 24.4 Å². The Bertz CT molecular complexity index is 1110. The van der Waals surface area contributed by atoms with Crippen molar-refractivity contribution in [3.63, 3.8) is 0 Å². The van der Waals surface area contributed by atoms with Crippen LogP contribution in [-0.4, -0.2) is 75.0 Å². The number of aliphatic hydroxyl groups is 2. The Morgan fingerprint density at radius 3 is 2.66 bits per heavy atom. The molecule has 3 aromatic rings. The van der Waals surface area contributed by atoms with Gasteiger partial charge in [-0.15, -0.1) is 10.2 Å². The molecule has 35 heavy (non-hydrogen) atoms. The molecule has 1 aliphatic heterocycles. The van der Waals surface area contributed by atoms with E-state index >= 15 is 0 Å². The summed E-state index contributed by atoms with van der Waals surface area (Å²) < 4.78 is 19.1. The van der Waals surface area contributed by atoms with Crippen molar-refractivity contribution in [1.29, 1.82) is 0 Å². The number of hydrogen-bond acceptors (Lipinski definition) is 8. The molecule has 10 heteroatoms. The highest BCUT2D eigenvalue weighted by atomic mass is 35.5. The Balaban J connectivity index is 1.36. The minimum atomic E-state index is -1.42. The number of benzene rings is 2. The molecular weight excluding hydrogens is 472 g/mol. The van der Waals surface area contributed by atoms with Crippen LogP contribution in [0.4, 0.5) is 0 Å². The van der Waals surface area contributed by atoms with Gasteiger partial charge in [0.15, 0.2) is 11.5 Å². The van der Waals surface area contributed by atoms with Crippen molar-refractivity contribution in [2.24, 2.45) is 0 Å². The summed E-state index contributed by atoms with van der Waals surface area (Å²) in [6.07, 6.45) is 2.82. The van der Waals surface area contributed by atoms with Crippen LogP contribution in [0.5, 0.6) is 17.2 Å². The maximum Gasteiger partial charge on any atom is 0.161 e. The van der Waals surface area contributed by atoms with E-state index in [4.69, 9.17) is 25.8 Å². The molecule has 2 aromatic carbocycles. The standard InChI is InChI=1S/C25H31ClN4O5/c1-18-3-5-20(26)22(11-18)35-15-25(32)14-29(8-7-24(25)31)13-19-4-6-21(23(12-19)33-2)34-10-9-30-16-27-28-17-30/h3-6,11-12,16-17,24,31-32H,7-10,13-15H2,1-2H3/t24-,25-/m0/s1. The second-order valence-corrected chi connectivity index (χ2v) is 9.28. The van der Waals surface area contributed by atoms with Gasteiger partial charge in [0.05, 0.1) is 24.8 Å². The first-order valence-corrected chi connectivity index (χ1v) is 11.9. The van der Waals surface area contributed by atoms with Gasteiger partial charge in [0, 0.05) is 19.6 Å². The number of aromatic nitrogens is 3. The third-order valence-electron chi connectivity index (χ3n) is 6.11. The lowest BCUT2D eigenvalue weighted by Gasteiger charge is -2.42. The van der Waals surface area contributed by atoms with E-state index in [1.54, 1.807) is 25.8 Å². The van der Waals surface area contributed by atoms with E-state index in [-0.39, 0.29) is 13.2 Å². The molecular formula is C25H31ClN4O5. The normalized spacial score (nSPS) is 20.5. The third kappa shape index (κ3) is 6.43. The fourth-order valence-electron chi connectivity index (χ4n) is 4.13. The molecule has 188 valence electrons. The van der Waals surface area contributed by atoms with E-state index in [2.05, 4.69) is 15.1 Å². The molecule has 9 nitrogen and oxygen atoms in total. The summed E-state index contributed by atoms with van der Waals surface area (Å²) in [4.78, 5) is 2.09. The first-order chi connectivity index (χ1) is 16.9.